The SMILES string of the molecule is CCCCCC(CO)CCC(OS(=O)(=O)c1ccc(C)cc1)C1=CC=COC1. The standard InChI is InChI=1S/C22H32O5S/c1-3-4-5-7-19(16-23)11-14-22(20-8-6-15-26-17-20)27-28(24,25)21-12-9-18(2)10-13-21/h6,8-10,12-13,15,19,22-23H,3-5,7,11,14,16-17H2,1-2H3. The topological polar surface area (TPSA) is 72.8 Å². The first-order chi connectivity index (χ1) is 13.5. The molecule has 2 unspecified atom stereocenters. The van der Waals surface area contributed by atoms with Crippen LogP contribution in [0.5, 0.6) is 0 Å². The van der Waals surface area contributed by atoms with Gasteiger partial charge in [-0.25, -0.2) is 0 Å². The van der Waals surface area contributed by atoms with Crippen LogP contribution in [0.1, 0.15) is 51.0 Å². The molecule has 156 valence electrons. The molecule has 1 aromatic rings. The van der Waals surface area contributed by atoms with Crippen molar-refractivity contribution in [2.75, 3.05) is 13.2 Å². The molecule has 0 spiro atoms. The first-order valence-electron chi connectivity index (χ1n) is 10.0. The van der Waals surface area contributed by atoms with Gasteiger partial charge >= 0.3 is 0 Å². The Morgan fingerprint density at radius 2 is 1.89 bits per heavy atom. The molecule has 0 amide bonds. The van der Waals surface area contributed by atoms with Gasteiger partial charge in [-0.2, -0.15) is 8.42 Å². The van der Waals surface area contributed by atoms with E-state index in [1.165, 1.54) is 0 Å². The molecule has 0 saturated carbocycles. The number of unbranched alkanes of at least 4 members (excludes halogenated alkanes) is 2. The maximum atomic E-state index is 12.8. The lowest BCUT2D eigenvalue weighted by atomic mass is 9.93. The van der Waals surface area contributed by atoms with Crippen LogP contribution in [0.4, 0.5) is 0 Å². The molecule has 0 bridgehead atoms. The Balaban J connectivity index is 2.10. The molecular formula is C22H32O5S. The molecule has 1 aliphatic heterocycles. The first-order valence-corrected chi connectivity index (χ1v) is 11.4. The van der Waals surface area contributed by atoms with E-state index in [1.807, 2.05) is 13.0 Å². The average molecular weight is 409 g/mol. The summed E-state index contributed by atoms with van der Waals surface area (Å²) in [7, 11) is -3.88. The summed E-state index contributed by atoms with van der Waals surface area (Å²) < 4.78 is 36.5. The van der Waals surface area contributed by atoms with Gasteiger partial charge in [0.2, 0.25) is 0 Å². The maximum Gasteiger partial charge on any atom is 0.297 e. The molecule has 1 aromatic carbocycles. The summed E-state index contributed by atoms with van der Waals surface area (Å²) in [6.07, 6.45) is 10.1. The Morgan fingerprint density at radius 3 is 2.50 bits per heavy atom. The minimum atomic E-state index is -3.88. The van der Waals surface area contributed by atoms with E-state index in [1.54, 1.807) is 36.6 Å². The lowest BCUT2D eigenvalue weighted by molar-refractivity contribution is 0.163. The van der Waals surface area contributed by atoms with Crippen LogP contribution in [-0.2, 0) is 19.0 Å². The number of benzene rings is 1. The molecule has 5 nitrogen and oxygen atoms in total. The zero-order valence-corrected chi connectivity index (χ0v) is 17.7. The van der Waals surface area contributed by atoms with Crippen molar-refractivity contribution < 1.29 is 22.4 Å². The van der Waals surface area contributed by atoms with Gasteiger partial charge in [0.1, 0.15) is 12.7 Å². The van der Waals surface area contributed by atoms with Crippen LogP contribution in [0.25, 0.3) is 0 Å². The molecule has 1 N–H and O–H groups in total. The Labute approximate surface area is 169 Å². The monoisotopic (exact) mass is 408 g/mol. The second-order valence-electron chi connectivity index (χ2n) is 7.35. The van der Waals surface area contributed by atoms with Crippen LogP contribution in [0.2, 0.25) is 0 Å². The Hall–Kier alpha value is -1.63. The van der Waals surface area contributed by atoms with Crippen molar-refractivity contribution >= 4 is 10.1 Å². The fourth-order valence-electron chi connectivity index (χ4n) is 3.22. The molecule has 28 heavy (non-hydrogen) atoms. The second kappa shape index (κ2) is 11.4. The number of allylic oxidation sites excluding steroid dienone is 2. The highest BCUT2D eigenvalue weighted by molar-refractivity contribution is 7.86. The lowest BCUT2D eigenvalue weighted by Gasteiger charge is -2.24. The van der Waals surface area contributed by atoms with Crippen LogP contribution in [0.15, 0.2) is 53.1 Å². The molecule has 0 aliphatic carbocycles. The molecule has 2 rings (SSSR count). The van der Waals surface area contributed by atoms with E-state index in [-0.39, 0.29) is 17.4 Å². The van der Waals surface area contributed by atoms with Crippen molar-refractivity contribution in [2.24, 2.45) is 5.92 Å². The highest BCUT2D eigenvalue weighted by Gasteiger charge is 2.26. The molecule has 1 aliphatic rings. The van der Waals surface area contributed by atoms with Gasteiger partial charge in [0.05, 0.1) is 11.2 Å². The van der Waals surface area contributed by atoms with Crippen LogP contribution in [-0.4, -0.2) is 32.8 Å². The third-order valence-electron chi connectivity index (χ3n) is 5.01. The molecule has 1 heterocycles. The molecule has 6 heteroatoms. The van der Waals surface area contributed by atoms with Crippen LogP contribution < -0.4 is 0 Å². The van der Waals surface area contributed by atoms with Gasteiger partial charge in [0.25, 0.3) is 10.1 Å². The first kappa shape index (κ1) is 22.7. The number of ether oxygens (including phenoxy) is 1. The van der Waals surface area contributed by atoms with E-state index in [0.717, 1.165) is 36.8 Å². The van der Waals surface area contributed by atoms with Gasteiger partial charge in [-0.15, -0.1) is 0 Å². The van der Waals surface area contributed by atoms with Gasteiger partial charge in [-0.05, 0) is 55.9 Å². The van der Waals surface area contributed by atoms with Crippen LogP contribution in [0, 0.1) is 12.8 Å². The third-order valence-corrected chi connectivity index (χ3v) is 6.35. The van der Waals surface area contributed by atoms with Crippen LogP contribution in [0.3, 0.4) is 0 Å². The van der Waals surface area contributed by atoms with Crippen LogP contribution >= 0.6 is 0 Å². The second-order valence-corrected chi connectivity index (χ2v) is 8.93. The lowest BCUT2D eigenvalue weighted by Crippen LogP contribution is -2.25. The van der Waals surface area contributed by atoms with Gasteiger partial charge in [-0.1, -0.05) is 50.0 Å². The predicted molar refractivity (Wildman–Crippen MR) is 110 cm³/mol. The zero-order chi connectivity index (χ0) is 20.4. The molecule has 0 radical (unpaired) electrons. The summed E-state index contributed by atoms with van der Waals surface area (Å²) in [5, 5.41) is 9.68. The average Bonchev–Trinajstić information content (AvgIpc) is 2.70. The Morgan fingerprint density at radius 1 is 1.14 bits per heavy atom. The van der Waals surface area contributed by atoms with Crippen molar-refractivity contribution in [3.05, 3.63) is 53.8 Å². The molecule has 0 aromatic heterocycles. The number of hydrogen-bond donors (Lipinski definition) is 1. The molecule has 0 fully saturated rings. The van der Waals surface area contributed by atoms with Gasteiger partial charge in [-0.3, -0.25) is 4.18 Å². The number of aryl methyl sites for hydroxylation is 1. The number of hydrogen-bond acceptors (Lipinski definition) is 5. The van der Waals surface area contributed by atoms with E-state index in [9.17, 15) is 13.5 Å². The largest absolute Gasteiger partial charge is 0.497 e. The van der Waals surface area contributed by atoms with Crippen molar-refractivity contribution in [1.29, 1.82) is 0 Å². The Kier molecular flexibility index (Phi) is 9.22. The molecule has 0 saturated heterocycles. The maximum absolute atomic E-state index is 12.8. The summed E-state index contributed by atoms with van der Waals surface area (Å²) in [5.74, 6) is 0.153. The fraction of sp³-hybridized carbons (Fsp3) is 0.545. The van der Waals surface area contributed by atoms with E-state index in [4.69, 9.17) is 8.92 Å². The Bertz CT molecular complexity index is 750. The smallest absolute Gasteiger partial charge is 0.297 e. The molecule has 2 atom stereocenters. The van der Waals surface area contributed by atoms with Gasteiger partial charge < -0.3 is 9.84 Å². The number of aliphatic hydroxyl groups is 1. The van der Waals surface area contributed by atoms with E-state index in [0.29, 0.717) is 19.4 Å². The van der Waals surface area contributed by atoms with Gasteiger partial charge in [0, 0.05) is 6.61 Å². The summed E-state index contributed by atoms with van der Waals surface area (Å²) in [6, 6.07) is 6.64. The third kappa shape index (κ3) is 7.08. The zero-order valence-electron chi connectivity index (χ0n) is 16.8. The quantitative estimate of drug-likeness (QED) is 0.407. The summed E-state index contributed by atoms with van der Waals surface area (Å²) in [6.45, 7) is 4.47. The summed E-state index contributed by atoms with van der Waals surface area (Å²) >= 11 is 0. The van der Waals surface area contributed by atoms with Crippen molar-refractivity contribution in [2.45, 2.75) is 63.4 Å². The fourth-order valence-corrected chi connectivity index (χ4v) is 4.32. The van der Waals surface area contributed by atoms with Gasteiger partial charge in [0.15, 0.2) is 0 Å². The van der Waals surface area contributed by atoms with E-state index in [2.05, 4.69) is 6.92 Å². The highest BCUT2D eigenvalue weighted by atomic mass is 32.2. The number of aliphatic hydroxyl groups excluding tert-OH is 1. The normalized spacial score (nSPS) is 16.3. The van der Waals surface area contributed by atoms with Crippen molar-refractivity contribution in [3.63, 3.8) is 0 Å². The van der Waals surface area contributed by atoms with E-state index >= 15 is 0 Å². The molecular weight excluding hydrogens is 376 g/mol. The summed E-state index contributed by atoms with van der Waals surface area (Å²) in [5.41, 5.74) is 1.78. The minimum absolute atomic E-state index is 0.108. The minimum Gasteiger partial charge on any atom is -0.497 e. The van der Waals surface area contributed by atoms with E-state index < -0.39 is 16.2 Å². The van der Waals surface area contributed by atoms with Crippen molar-refractivity contribution in [1.82, 2.24) is 0 Å². The highest BCUT2D eigenvalue weighted by Crippen LogP contribution is 2.26. The summed E-state index contributed by atoms with van der Waals surface area (Å²) in [4.78, 5) is 0.151. The number of rotatable bonds is 12. The van der Waals surface area contributed by atoms with Crippen molar-refractivity contribution in [3.8, 4) is 0 Å². The predicted octanol–water partition coefficient (Wildman–Crippen LogP) is 4.51.